The van der Waals surface area contributed by atoms with Crippen LogP contribution >= 0.6 is 11.3 Å². The maximum atomic E-state index is 13.3. The molecule has 0 fully saturated rings. The van der Waals surface area contributed by atoms with Gasteiger partial charge in [-0.15, -0.1) is 11.3 Å². The number of ether oxygens (including phenoxy) is 1. The minimum absolute atomic E-state index is 0.212. The predicted octanol–water partition coefficient (Wildman–Crippen LogP) is 6.29. The van der Waals surface area contributed by atoms with Gasteiger partial charge in [0.05, 0.1) is 29.6 Å². The van der Waals surface area contributed by atoms with Gasteiger partial charge in [0.2, 0.25) is 0 Å². The summed E-state index contributed by atoms with van der Waals surface area (Å²) in [7, 11) is 1.64. The predicted molar refractivity (Wildman–Crippen MR) is 129 cm³/mol. The third kappa shape index (κ3) is 3.96. The van der Waals surface area contributed by atoms with E-state index in [1.165, 1.54) is 11.3 Å². The van der Waals surface area contributed by atoms with Gasteiger partial charge >= 0.3 is 0 Å². The minimum Gasteiger partial charge on any atom is -0.497 e. The molecule has 0 bridgehead atoms. The van der Waals surface area contributed by atoms with Crippen LogP contribution in [0.3, 0.4) is 0 Å². The van der Waals surface area contributed by atoms with E-state index in [1.54, 1.807) is 7.11 Å². The van der Waals surface area contributed by atoms with Crippen molar-refractivity contribution in [3.63, 3.8) is 0 Å². The van der Waals surface area contributed by atoms with Gasteiger partial charge in [-0.3, -0.25) is 10.1 Å². The molecule has 5 nitrogen and oxygen atoms in total. The number of hydrogen-bond acceptors (Lipinski definition) is 5. The summed E-state index contributed by atoms with van der Waals surface area (Å²) in [6, 6.07) is 27.0. The maximum Gasteiger partial charge on any atom is 0.258 e. The number of hydrogen-bond donors (Lipinski definition) is 1. The first-order valence-electron chi connectivity index (χ1n) is 10.1. The van der Waals surface area contributed by atoms with Crippen molar-refractivity contribution in [2.75, 3.05) is 12.4 Å². The molecule has 5 aromatic rings. The molecule has 1 amide bonds. The Hall–Kier alpha value is -4.03. The number of fused-ring (bicyclic) bond motifs is 1. The van der Waals surface area contributed by atoms with Gasteiger partial charge in [0.1, 0.15) is 5.75 Å². The van der Waals surface area contributed by atoms with Crippen molar-refractivity contribution in [3.8, 4) is 28.3 Å². The number of thiazole rings is 1. The first-order valence-corrected chi connectivity index (χ1v) is 11.0. The van der Waals surface area contributed by atoms with E-state index in [-0.39, 0.29) is 5.91 Å². The third-order valence-electron chi connectivity index (χ3n) is 5.14. The van der Waals surface area contributed by atoms with Crippen molar-refractivity contribution in [2.24, 2.45) is 0 Å². The van der Waals surface area contributed by atoms with Gasteiger partial charge in [0.25, 0.3) is 5.91 Å². The van der Waals surface area contributed by atoms with Crippen molar-refractivity contribution >= 4 is 33.3 Å². The Balaban J connectivity index is 1.47. The van der Waals surface area contributed by atoms with Crippen LogP contribution in [0.15, 0.2) is 90.3 Å². The number of carbonyl (C=O) groups excluding carboxylic acids is 1. The number of benzene rings is 3. The summed E-state index contributed by atoms with van der Waals surface area (Å²) in [6.07, 6.45) is 0. The Morgan fingerprint density at radius 3 is 2.34 bits per heavy atom. The van der Waals surface area contributed by atoms with Gasteiger partial charge in [0, 0.05) is 21.9 Å². The molecule has 0 aliphatic rings. The molecule has 1 N–H and O–H groups in total. The normalized spacial score (nSPS) is 10.8. The average molecular weight is 438 g/mol. The molecule has 156 valence electrons. The Labute approximate surface area is 189 Å². The molecule has 0 saturated carbocycles. The van der Waals surface area contributed by atoms with E-state index in [0.717, 1.165) is 39.2 Å². The average Bonchev–Trinajstić information content (AvgIpc) is 3.32. The summed E-state index contributed by atoms with van der Waals surface area (Å²) >= 11 is 1.39. The lowest BCUT2D eigenvalue weighted by Gasteiger charge is -2.09. The lowest BCUT2D eigenvalue weighted by molar-refractivity contribution is 0.102. The summed E-state index contributed by atoms with van der Waals surface area (Å²) in [4.78, 5) is 22.6. The molecule has 32 heavy (non-hydrogen) atoms. The highest BCUT2D eigenvalue weighted by molar-refractivity contribution is 7.14. The summed E-state index contributed by atoms with van der Waals surface area (Å²) in [5, 5.41) is 6.23. The van der Waals surface area contributed by atoms with Gasteiger partial charge < -0.3 is 4.74 Å². The second kappa shape index (κ2) is 8.61. The monoisotopic (exact) mass is 437 g/mol. The molecule has 0 spiro atoms. The molecule has 0 unspecified atom stereocenters. The van der Waals surface area contributed by atoms with Crippen LogP contribution < -0.4 is 10.1 Å². The summed E-state index contributed by atoms with van der Waals surface area (Å²) < 4.78 is 5.21. The van der Waals surface area contributed by atoms with Crippen LogP contribution in [0, 0.1) is 0 Å². The third-order valence-corrected chi connectivity index (χ3v) is 5.90. The summed E-state index contributed by atoms with van der Waals surface area (Å²) in [5.41, 5.74) is 4.82. The largest absolute Gasteiger partial charge is 0.497 e. The molecule has 5 rings (SSSR count). The SMILES string of the molecule is COc1ccc(-c2csc(NC(=O)c3cc(-c4ccccc4)nc4ccccc34)n2)cc1. The zero-order chi connectivity index (χ0) is 21.9. The molecular weight excluding hydrogens is 418 g/mol. The number of nitrogens with zero attached hydrogens (tertiary/aromatic N) is 2. The van der Waals surface area contributed by atoms with Crippen LogP contribution in [0.2, 0.25) is 0 Å². The van der Waals surface area contributed by atoms with Gasteiger partial charge in [-0.05, 0) is 36.4 Å². The number of carbonyl (C=O) groups is 1. The molecule has 0 aliphatic heterocycles. The Morgan fingerprint density at radius 2 is 1.56 bits per heavy atom. The lowest BCUT2D eigenvalue weighted by Crippen LogP contribution is -2.13. The van der Waals surface area contributed by atoms with Crippen LogP contribution in [0.5, 0.6) is 5.75 Å². The van der Waals surface area contributed by atoms with E-state index in [0.29, 0.717) is 10.7 Å². The van der Waals surface area contributed by atoms with Gasteiger partial charge in [0.15, 0.2) is 5.13 Å². The molecular formula is C26H19N3O2S. The standard InChI is InChI=1S/C26H19N3O2S/c1-31-19-13-11-18(12-14-19)24-16-32-26(28-24)29-25(30)21-15-23(17-7-3-2-4-8-17)27-22-10-6-5-9-20(21)22/h2-16H,1H3,(H,28,29,30). The van der Waals surface area contributed by atoms with E-state index >= 15 is 0 Å². The second-order valence-corrected chi connectivity index (χ2v) is 8.02. The Morgan fingerprint density at radius 1 is 0.844 bits per heavy atom. The highest BCUT2D eigenvalue weighted by atomic mass is 32.1. The molecule has 6 heteroatoms. The van der Waals surface area contributed by atoms with E-state index in [1.807, 2.05) is 90.3 Å². The van der Waals surface area contributed by atoms with E-state index in [9.17, 15) is 4.79 Å². The first-order chi connectivity index (χ1) is 15.7. The number of rotatable bonds is 5. The van der Waals surface area contributed by atoms with Gasteiger partial charge in [-0.1, -0.05) is 48.5 Å². The molecule has 0 aliphatic carbocycles. The summed E-state index contributed by atoms with van der Waals surface area (Å²) in [5.74, 6) is 0.577. The lowest BCUT2D eigenvalue weighted by atomic mass is 10.0. The fourth-order valence-electron chi connectivity index (χ4n) is 3.51. The highest BCUT2D eigenvalue weighted by Gasteiger charge is 2.16. The minimum atomic E-state index is -0.212. The van der Waals surface area contributed by atoms with E-state index in [4.69, 9.17) is 9.72 Å². The molecule has 0 saturated heterocycles. The Kier molecular flexibility index (Phi) is 5.35. The fraction of sp³-hybridized carbons (Fsp3) is 0.0385. The second-order valence-electron chi connectivity index (χ2n) is 7.16. The van der Waals surface area contributed by atoms with Crippen molar-refractivity contribution in [1.29, 1.82) is 0 Å². The van der Waals surface area contributed by atoms with Crippen molar-refractivity contribution in [2.45, 2.75) is 0 Å². The zero-order valence-electron chi connectivity index (χ0n) is 17.3. The van der Waals surface area contributed by atoms with Crippen LogP contribution in [0.25, 0.3) is 33.4 Å². The number of nitrogens with one attached hydrogen (secondary N) is 1. The van der Waals surface area contributed by atoms with Crippen LogP contribution in [0.4, 0.5) is 5.13 Å². The molecule has 3 aromatic carbocycles. The zero-order valence-corrected chi connectivity index (χ0v) is 18.1. The number of para-hydroxylation sites is 1. The van der Waals surface area contributed by atoms with Crippen molar-refractivity contribution in [1.82, 2.24) is 9.97 Å². The van der Waals surface area contributed by atoms with E-state index < -0.39 is 0 Å². The quantitative estimate of drug-likeness (QED) is 0.351. The van der Waals surface area contributed by atoms with Crippen LogP contribution in [-0.4, -0.2) is 23.0 Å². The molecule has 0 atom stereocenters. The topological polar surface area (TPSA) is 64.1 Å². The molecule has 2 aromatic heterocycles. The number of amides is 1. The van der Waals surface area contributed by atoms with Gasteiger partial charge in [-0.25, -0.2) is 9.97 Å². The van der Waals surface area contributed by atoms with Crippen LogP contribution in [-0.2, 0) is 0 Å². The first kappa shape index (κ1) is 19.9. The number of anilines is 1. The fourth-order valence-corrected chi connectivity index (χ4v) is 4.22. The number of methoxy groups -OCH3 is 1. The van der Waals surface area contributed by atoms with Crippen molar-refractivity contribution < 1.29 is 9.53 Å². The maximum absolute atomic E-state index is 13.3. The number of aromatic nitrogens is 2. The Bertz CT molecular complexity index is 1400. The van der Waals surface area contributed by atoms with Crippen molar-refractivity contribution in [3.05, 3.63) is 95.9 Å². The highest BCUT2D eigenvalue weighted by Crippen LogP contribution is 2.29. The van der Waals surface area contributed by atoms with Gasteiger partial charge in [-0.2, -0.15) is 0 Å². The van der Waals surface area contributed by atoms with Crippen LogP contribution in [0.1, 0.15) is 10.4 Å². The number of pyridine rings is 1. The smallest absolute Gasteiger partial charge is 0.258 e. The molecule has 2 heterocycles. The van der Waals surface area contributed by atoms with E-state index in [2.05, 4.69) is 10.3 Å². The summed E-state index contributed by atoms with van der Waals surface area (Å²) in [6.45, 7) is 0. The molecule has 0 radical (unpaired) electrons.